The molecule has 5 nitrogen and oxygen atoms in total. The Morgan fingerprint density at radius 3 is 2.67 bits per heavy atom. The highest BCUT2D eigenvalue weighted by molar-refractivity contribution is 5.53. The summed E-state index contributed by atoms with van der Waals surface area (Å²) in [5.74, 6) is 0. The maximum atomic E-state index is 4.19. The van der Waals surface area contributed by atoms with Crippen molar-refractivity contribution in [1.82, 2.24) is 14.8 Å². The van der Waals surface area contributed by atoms with Crippen LogP contribution in [0.2, 0.25) is 0 Å². The molecule has 0 aliphatic heterocycles. The van der Waals surface area contributed by atoms with Crippen LogP contribution in [-0.2, 0) is 13.5 Å². The van der Waals surface area contributed by atoms with Crippen LogP contribution in [0.25, 0.3) is 0 Å². The molecule has 0 saturated carbocycles. The number of hydrogen-bond acceptors (Lipinski definition) is 4. The average Bonchev–Trinajstić information content (AvgIpc) is 2.76. The molecule has 2 aromatic heterocycles. The third kappa shape index (κ3) is 3.23. The van der Waals surface area contributed by atoms with Crippen molar-refractivity contribution in [2.75, 3.05) is 23.7 Å². The summed E-state index contributed by atoms with van der Waals surface area (Å²) in [6.07, 6.45) is 6.44. The maximum Gasteiger partial charge on any atom is 0.0547 e. The van der Waals surface area contributed by atoms with Crippen LogP contribution in [0.1, 0.15) is 12.6 Å². The largest absolute Gasteiger partial charge is 0.384 e. The van der Waals surface area contributed by atoms with E-state index < -0.39 is 0 Å². The van der Waals surface area contributed by atoms with Gasteiger partial charge in [-0.05, 0) is 19.1 Å². The van der Waals surface area contributed by atoms with Crippen molar-refractivity contribution in [3.05, 3.63) is 36.4 Å². The van der Waals surface area contributed by atoms with Crippen LogP contribution in [0.5, 0.6) is 0 Å². The van der Waals surface area contributed by atoms with E-state index in [1.807, 2.05) is 36.4 Å². The first-order valence-corrected chi connectivity index (χ1v) is 6.19. The number of pyridine rings is 1. The van der Waals surface area contributed by atoms with Gasteiger partial charge in [0.1, 0.15) is 0 Å². The predicted molar refractivity (Wildman–Crippen MR) is 73.8 cm³/mol. The van der Waals surface area contributed by atoms with Gasteiger partial charge in [0.2, 0.25) is 0 Å². The minimum atomic E-state index is 0.872. The summed E-state index contributed by atoms with van der Waals surface area (Å²) in [6.45, 7) is 3.85. The second-order valence-corrected chi connectivity index (χ2v) is 4.12. The van der Waals surface area contributed by atoms with E-state index in [1.165, 1.54) is 5.69 Å². The fourth-order valence-corrected chi connectivity index (χ4v) is 1.82. The SMILES string of the molecule is CCNc1cncc(NCCc2ccnn2C)c1. The van der Waals surface area contributed by atoms with E-state index in [9.17, 15) is 0 Å². The molecule has 0 amide bonds. The third-order valence-corrected chi connectivity index (χ3v) is 2.75. The monoisotopic (exact) mass is 245 g/mol. The Morgan fingerprint density at radius 1 is 1.22 bits per heavy atom. The van der Waals surface area contributed by atoms with Gasteiger partial charge < -0.3 is 10.6 Å². The molecule has 2 aromatic rings. The number of nitrogens with zero attached hydrogens (tertiary/aromatic N) is 3. The highest BCUT2D eigenvalue weighted by Crippen LogP contribution is 2.12. The summed E-state index contributed by atoms with van der Waals surface area (Å²) >= 11 is 0. The van der Waals surface area contributed by atoms with Gasteiger partial charge in [-0.2, -0.15) is 5.10 Å². The van der Waals surface area contributed by atoms with Crippen LogP contribution >= 0.6 is 0 Å². The van der Waals surface area contributed by atoms with E-state index in [0.717, 1.165) is 30.9 Å². The molecule has 18 heavy (non-hydrogen) atoms. The van der Waals surface area contributed by atoms with Crippen LogP contribution in [-0.4, -0.2) is 27.9 Å². The van der Waals surface area contributed by atoms with Gasteiger partial charge in [0.15, 0.2) is 0 Å². The Labute approximate surface area is 107 Å². The topological polar surface area (TPSA) is 54.8 Å². The normalized spacial score (nSPS) is 10.3. The summed E-state index contributed by atoms with van der Waals surface area (Å²) in [4.78, 5) is 4.19. The number of aryl methyl sites for hydroxylation is 1. The lowest BCUT2D eigenvalue weighted by Crippen LogP contribution is -2.08. The zero-order chi connectivity index (χ0) is 12.8. The molecule has 96 valence electrons. The molecule has 2 N–H and O–H groups in total. The van der Waals surface area contributed by atoms with Crippen molar-refractivity contribution in [3.63, 3.8) is 0 Å². The van der Waals surface area contributed by atoms with E-state index in [4.69, 9.17) is 0 Å². The fourth-order valence-electron chi connectivity index (χ4n) is 1.82. The lowest BCUT2D eigenvalue weighted by Gasteiger charge is -2.08. The van der Waals surface area contributed by atoms with Crippen molar-refractivity contribution in [2.24, 2.45) is 7.05 Å². The number of aromatic nitrogens is 3. The Hall–Kier alpha value is -2.04. The molecular formula is C13H19N5. The van der Waals surface area contributed by atoms with E-state index in [1.54, 1.807) is 0 Å². The van der Waals surface area contributed by atoms with Crippen LogP contribution in [0.3, 0.4) is 0 Å². The van der Waals surface area contributed by atoms with Crippen molar-refractivity contribution < 1.29 is 0 Å². The number of hydrogen-bond donors (Lipinski definition) is 2. The molecule has 2 heterocycles. The van der Waals surface area contributed by atoms with Crippen molar-refractivity contribution >= 4 is 11.4 Å². The van der Waals surface area contributed by atoms with Crippen LogP contribution in [0, 0.1) is 0 Å². The average molecular weight is 245 g/mol. The molecule has 5 heteroatoms. The minimum absolute atomic E-state index is 0.872. The summed E-state index contributed by atoms with van der Waals surface area (Å²) in [5, 5.41) is 10.8. The molecule has 0 aliphatic carbocycles. The second-order valence-electron chi connectivity index (χ2n) is 4.12. The van der Waals surface area contributed by atoms with E-state index >= 15 is 0 Å². The predicted octanol–water partition coefficient (Wildman–Crippen LogP) is 1.90. The standard InChI is InChI=1S/C13H19N5/c1-3-15-11-8-12(10-14-9-11)16-6-4-13-5-7-17-18(13)2/h5,7-10,15-16H,3-4,6H2,1-2H3. The van der Waals surface area contributed by atoms with E-state index in [-0.39, 0.29) is 0 Å². The molecule has 0 fully saturated rings. The quantitative estimate of drug-likeness (QED) is 0.816. The lowest BCUT2D eigenvalue weighted by molar-refractivity contribution is 0.711. The minimum Gasteiger partial charge on any atom is -0.384 e. The Bertz CT molecular complexity index is 492. The molecule has 0 atom stereocenters. The lowest BCUT2D eigenvalue weighted by atomic mass is 10.3. The zero-order valence-electron chi connectivity index (χ0n) is 10.8. The van der Waals surface area contributed by atoms with Gasteiger partial charge >= 0.3 is 0 Å². The van der Waals surface area contributed by atoms with E-state index in [0.29, 0.717) is 0 Å². The molecular weight excluding hydrogens is 226 g/mol. The second kappa shape index (κ2) is 6.05. The summed E-state index contributed by atoms with van der Waals surface area (Å²) in [6, 6.07) is 4.11. The van der Waals surface area contributed by atoms with Crippen LogP contribution in [0.15, 0.2) is 30.7 Å². The molecule has 0 radical (unpaired) electrons. The fraction of sp³-hybridized carbons (Fsp3) is 0.385. The summed E-state index contributed by atoms with van der Waals surface area (Å²) in [5.41, 5.74) is 3.30. The third-order valence-electron chi connectivity index (χ3n) is 2.75. The number of nitrogens with one attached hydrogen (secondary N) is 2. The molecule has 0 saturated heterocycles. The Morgan fingerprint density at radius 2 is 2.00 bits per heavy atom. The van der Waals surface area contributed by atoms with Gasteiger partial charge in [0.05, 0.1) is 23.8 Å². The smallest absolute Gasteiger partial charge is 0.0547 e. The molecule has 0 spiro atoms. The summed E-state index contributed by atoms with van der Waals surface area (Å²) in [7, 11) is 1.96. The first-order valence-electron chi connectivity index (χ1n) is 6.19. The van der Waals surface area contributed by atoms with Gasteiger partial charge in [0.25, 0.3) is 0 Å². The van der Waals surface area contributed by atoms with Gasteiger partial charge in [0, 0.05) is 38.4 Å². The molecule has 0 bridgehead atoms. The van der Waals surface area contributed by atoms with Gasteiger partial charge in [-0.25, -0.2) is 0 Å². The van der Waals surface area contributed by atoms with Crippen LogP contribution < -0.4 is 10.6 Å². The van der Waals surface area contributed by atoms with Gasteiger partial charge in [-0.15, -0.1) is 0 Å². The van der Waals surface area contributed by atoms with E-state index in [2.05, 4.69) is 33.7 Å². The highest BCUT2D eigenvalue weighted by atomic mass is 15.3. The molecule has 2 rings (SSSR count). The van der Waals surface area contributed by atoms with Crippen molar-refractivity contribution in [2.45, 2.75) is 13.3 Å². The zero-order valence-corrected chi connectivity index (χ0v) is 10.8. The Kier molecular flexibility index (Phi) is 4.17. The van der Waals surface area contributed by atoms with Gasteiger partial charge in [-0.1, -0.05) is 0 Å². The number of anilines is 2. The van der Waals surface area contributed by atoms with Gasteiger partial charge in [-0.3, -0.25) is 9.67 Å². The molecule has 0 unspecified atom stereocenters. The van der Waals surface area contributed by atoms with Crippen LogP contribution in [0.4, 0.5) is 11.4 Å². The summed E-state index contributed by atoms with van der Waals surface area (Å²) < 4.78 is 1.90. The first kappa shape index (κ1) is 12.4. The molecule has 0 aliphatic rings. The maximum absolute atomic E-state index is 4.19. The molecule has 0 aromatic carbocycles. The first-order chi connectivity index (χ1) is 8.79. The van der Waals surface area contributed by atoms with Crippen molar-refractivity contribution in [1.29, 1.82) is 0 Å². The highest BCUT2D eigenvalue weighted by Gasteiger charge is 1.99. The van der Waals surface area contributed by atoms with Crippen molar-refractivity contribution in [3.8, 4) is 0 Å². The Balaban J connectivity index is 1.86. The number of rotatable bonds is 6.